The highest BCUT2D eigenvalue weighted by Crippen LogP contribution is 2.41. The average Bonchev–Trinajstić information content (AvgIpc) is 3.52. The second kappa shape index (κ2) is 8.26. The number of fused-ring (bicyclic) bond motifs is 1. The van der Waals surface area contributed by atoms with Crippen LogP contribution in [0, 0.1) is 6.92 Å². The Hall–Kier alpha value is -2.83. The maximum atomic E-state index is 13.7. The van der Waals surface area contributed by atoms with Crippen molar-refractivity contribution < 1.29 is 13.6 Å². The van der Waals surface area contributed by atoms with E-state index in [0.29, 0.717) is 22.4 Å². The Morgan fingerprint density at radius 2 is 1.88 bits per heavy atom. The topological polar surface area (TPSA) is 59.8 Å². The molecule has 4 rings (SSSR count). The Bertz CT molecular complexity index is 1140. The Kier molecular flexibility index (Phi) is 5.77. The summed E-state index contributed by atoms with van der Waals surface area (Å²) in [5.41, 5.74) is 3.74. The first-order valence-electron chi connectivity index (χ1n) is 11.1. The fourth-order valence-electron chi connectivity index (χ4n) is 4.06. The van der Waals surface area contributed by atoms with Crippen molar-refractivity contribution in [2.75, 3.05) is 0 Å². The lowest BCUT2D eigenvalue weighted by Crippen LogP contribution is -2.30. The summed E-state index contributed by atoms with van der Waals surface area (Å²) >= 11 is 0. The number of aromatic nitrogens is 3. The molecule has 3 aromatic rings. The van der Waals surface area contributed by atoms with E-state index in [9.17, 15) is 13.6 Å². The molecule has 32 heavy (non-hydrogen) atoms. The lowest BCUT2D eigenvalue weighted by Gasteiger charge is -2.20. The highest BCUT2D eigenvalue weighted by atomic mass is 19.3. The van der Waals surface area contributed by atoms with Crippen LogP contribution in [0.1, 0.15) is 87.0 Å². The molecule has 0 radical (unpaired) electrons. The fourth-order valence-corrected chi connectivity index (χ4v) is 4.06. The first kappa shape index (κ1) is 22.4. The third kappa shape index (κ3) is 4.52. The van der Waals surface area contributed by atoms with Gasteiger partial charge in [0.25, 0.3) is 6.43 Å². The monoisotopic (exact) mass is 440 g/mol. The number of nitrogens with zero attached hydrogens (tertiary/aromatic N) is 3. The molecular weight excluding hydrogens is 410 g/mol. The lowest BCUT2D eigenvalue weighted by molar-refractivity contribution is -0.122. The van der Waals surface area contributed by atoms with E-state index < -0.39 is 6.43 Å². The molecule has 0 saturated heterocycles. The van der Waals surface area contributed by atoms with Gasteiger partial charge in [-0.05, 0) is 49.3 Å². The van der Waals surface area contributed by atoms with Crippen molar-refractivity contribution in [3.8, 4) is 0 Å². The minimum atomic E-state index is -2.61. The highest BCUT2D eigenvalue weighted by molar-refractivity contribution is 5.85. The van der Waals surface area contributed by atoms with Gasteiger partial charge < -0.3 is 5.32 Å². The Morgan fingerprint density at radius 3 is 2.44 bits per heavy atom. The van der Waals surface area contributed by atoms with Crippen LogP contribution >= 0.6 is 0 Å². The van der Waals surface area contributed by atoms with E-state index in [4.69, 9.17) is 0 Å². The standard InChI is InChI=1S/C25H30F2N4O/c1-14(16-8-10-18(11-9-16)25(3,4)5)28-21(32)13-31-24-22(15(2)30-31)19(23(26)27)12-20(29-24)17-6-7-17/h8-12,14,17,23H,6-7,13H2,1-5H3,(H,28,32). The second-order valence-electron chi connectivity index (χ2n) is 9.81. The summed E-state index contributed by atoms with van der Waals surface area (Å²) in [6.07, 6.45) is -0.695. The van der Waals surface area contributed by atoms with E-state index in [2.05, 4.69) is 48.3 Å². The van der Waals surface area contributed by atoms with E-state index >= 15 is 0 Å². The first-order chi connectivity index (χ1) is 15.0. The molecule has 1 aromatic carbocycles. The van der Waals surface area contributed by atoms with Crippen molar-refractivity contribution in [1.29, 1.82) is 0 Å². The van der Waals surface area contributed by atoms with Crippen LogP contribution in [0.2, 0.25) is 0 Å². The zero-order chi connectivity index (χ0) is 23.2. The Morgan fingerprint density at radius 1 is 1.22 bits per heavy atom. The zero-order valence-corrected chi connectivity index (χ0v) is 19.2. The number of amides is 1. The smallest absolute Gasteiger partial charge is 0.264 e. The third-order valence-corrected chi connectivity index (χ3v) is 6.11. The summed E-state index contributed by atoms with van der Waals surface area (Å²) in [7, 11) is 0. The summed E-state index contributed by atoms with van der Waals surface area (Å²) < 4.78 is 28.9. The molecule has 1 atom stereocenters. The van der Waals surface area contributed by atoms with Crippen LogP contribution in [0.15, 0.2) is 30.3 Å². The van der Waals surface area contributed by atoms with E-state index in [1.54, 1.807) is 6.92 Å². The van der Waals surface area contributed by atoms with Gasteiger partial charge in [-0.3, -0.25) is 4.79 Å². The summed E-state index contributed by atoms with van der Waals surface area (Å²) in [4.78, 5) is 17.4. The molecule has 2 aromatic heterocycles. The molecule has 0 spiro atoms. The van der Waals surface area contributed by atoms with Gasteiger partial charge >= 0.3 is 0 Å². The molecule has 170 valence electrons. The third-order valence-electron chi connectivity index (χ3n) is 6.11. The van der Waals surface area contributed by atoms with Crippen molar-refractivity contribution in [3.63, 3.8) is 0 Å². The fraction of sp³-hybridized carbons (Fsp3) is 0.480. The van der Waals surface area contributed by atoms with Crippen LogP contribution in [0.25, 0.3) is 11.0 Å². The van der Waals surface area contributed by atoms with Crippen LogP contribution in [0.3, 0.4) is 0 Å². The second-order valence-corrected chi connectivity index (χ2v) is 9.81. The van der Waals surface area contributed by atoms with Gasteiger partial charge in [0.1, 0.15) is 6.54 Å². The molecule has 1 aliphatic rings. The van der Waals surface area contributed by atoms with Crippen LogP contribution in [0.4, 0.5) is 8.78 Å². The number of rotatable bonds is 6. The van der Waals surface area contributed by atoms with Gasteiger partial charge in [-0.15, -0.1) is 0 Å². The molecular formula is C25H30F2N4O. The summed E-state index contributed by atoms with van der Waals surface area (Å²) in [6, 6.07) is 9.53. The van der Waals surface area contributed by atoms with Crippen LogP contribution in [0.5, 0.6) is 0 Å². The molecule has 1 fully saturated rings. The number of nitrogens with one attached hydrogen (secondary N) is 1. The molecule has 1 saturated carbocycles. The normalized spacial score (nSPS) is 15.4. The largest absolute Gasteiger partial charge is 0.348 e. The van der Waals surface area contributed by atoms with Crippen molar-refractivity contribution >= 4 is 16.9 Å². The minimum absolute atomic E-state index is 0.0478. The van der Waals surface area contributed by atoms with Crippen molar-refractivity contribution in [1.82, 2.24) is 20.1 Å². The number of carbonyl (C=O) groups is 1. The number of hydrogen-bond donors (Lipinski definition) is 1. The number of benzene rings is 1. The zero-order valence-electron chi connectivity index (χ0n) is 19.2. The van der Waals surface area contributed by atoms with Gasteiger partial charge in [-0.1, -0.05) is 45.0 Å². The highest BCUT2D eigenvalue weighted by Gasteiger charge is 2.29. The molecule has 7 heteroatoms. The maximum Gasteiger partial charge on any atom is 0.264 e. The minimum Gasteiger partial charge on any atom is -0.348 e. The maximum absolute atomic E-state index is 13.7. The molecule has 1 amide bonds. The Labute approximate surface area is 187 Å². The van der Waals surface area contributed by atoms with E-state index in [0.717, 1.165) is 18.4 Å². The van der Waals surface area contributed by atoms with Crippen molar-refractivity contribution in [2.24, 2.45) is 0 Å². The first-order valence-corrected chi connectivity index (χ1v) is 11.1. The quantitative estimate of drug-likeness (QED) is 0.533. The van der Waals surface area contributed by atoms with Gasteiger partial charge in [0.05, 0.1) is 17.1 Å². The van der Waals surface area contributed by atoms with Crippen molar-refractivity contribution in [3.05, 3.63) is 58.4 Å². The molecule has 5 nitrogen and oxygen atoms in total. The molecule has 1 unspecified atom stereocenters. The Balaban J connectivity index is 1.55. The molecule has 0 bridgehead atoms. The van der Waals surface area contributed by atoms with Gasteiger partial charge in [0.2, 0.25) is 5.91 Å². The summed E-state index contributed by atoms with van der Waals surface area (Å²) in [6.45, 7) is 10.0. The van der Waals surface area contributed by atoms with Crippen LogP contribution in [-0.2, 0) is 16.8 Å². The van der Waals surface area contributed by atoms with E-state index in [1.165, 1.54) is 16.3 Å². The number of alkyl halides is 2. The van der Waals surface area contributed by atoms with E-state index in [1.807, 2.05) is 19.1 Å². The van der Waals surface area contributed by atoms with Crippen LogP contribution < -0.4 is 5.32 Å². The molecule has 1 N–H and O–H groups in total. The van der Waals surface area contributed by atoms with E-state index in [-0.39, 0.29) is 35.4 Å². The van der Waals surface area contributed by atoms with Gasteiger partial charge in [0.15, 0.2) is 5.65 Å². The predicted octanol–water partition coefficient (Wildman–Crippen LogP) is 5.73. The van der Waals surface area contributed by atoms with Gasteiger partial charge in [-0.25, -0.2) is 18.4 Å². The van der Waals surface area contributed by atoms with Gasteiger partial charge in [0, 0.05) is 17.2 Å². The molecule has 0 aliphatic heterocycles. The molecule has 1 aliphatic carbocycles. The SMILES string of the molecule is Cc1nn(CC(=O)NC(C)c2ccc(C(C)(C)C)cc2)c2nc(C3CC3)cc(C(F)F)c12. The van der Waals surface area contributed by atoms with Gasteiger partial charge in [-0.2, -0.15) is 5.10 Å². The number of pyridine rings is 1. The predicted molar refractivity (Wildman–Crippen MR) is 121 cm³/mol. The number of carbonyl (C=O) groups excluding carboxylic acids is 1. The molecule has 2 heterocycles. The average molecular weight is 441 g/mol. The number of hydrogen-bond acceptors (Lipinski definition) is 3. The summed E-state index contributed by atoms with van der Waals surface area (Å²) in [5.74, 6) is -0.00973. The van der Waals surface area contributed by atoms with Crippen LogP contribution in [-0.4, -0.2) is 20.7 Å². The summed E-state index contributed by atoms with van der Waals surface area (Å²) in [5, 5.41) is 7.71. The lowest BCUT2D eigenvalue weighted by atomic mass is 9.86. The van der Waals surface area contributed by atoms with Crippen molar-refractivity contribution in [2.45, 2.75) is 77.8 Å². The number of halogens is 2. The number of aryl methyl sites for hydroxylation is 1.